The zero-order valence-corrected chi connectivity index (χ0v) is 12.0. The van der Waals surface area contributed by atoms with E-state index >= 15 is 0 Å². The number of carbonyl (C=O) groups is 2. The summed E-state index contributed by atoms with van der Waals surface area (Å²) in [6.07, 6.45) is -0.742. The second-order valence-electron chi connectivity index (χ2n) is 5.10. The smallest absolute Gasteiger partial charge is 0.306 e. The van der Waals surface area contributed by atoms with E-state index in [-0.39, 0.29) is 36.7 Å². The Kier molecular flexibility index (Phi) is 4.71. The third kappa shape index (κ3) is 3.59. The van der Waals surface area contributed by atoms with Crippen LogP contribution in [0.1, 0.15) is 22.3 Å². The second-order valence-corrected chi connectivity index (χ2v) is 5.10. The van der Waals surface area contributed by atoms with Gasteiger partial charge in [0.25, 0.3) is 11.6 Å². The molecule has 2 rings (SSSR count). The highest BCUT2D eigenvalue weighted by Crippen LogP contribution is 2.21. The van der Waals surface area contributed by atoms with Crippen LogP contribution in [0.15, 0.2) is 18.2 Å². The van der Waals surface area contributed by atoms with Gasteiger partial charge in [-0.1, -0.05) is 6.07 Å². The predicted octanol–water partition coefficient (Wildman–Crippen LogP) is 1.22. The normalized spacial score (nSPS) is 18.0. The Labute approximate surface area is 126 Å². The number of aryl methyl sites for hydroxylation is 1. The molecular formula is C14H16N2O6. The molecule has 0 spiro atoms. The molecule has 22 heavy (non-hydrogen) atoms. The first-order chi connectivity index (χ1) is 10.4. The number of benzene rings is 1. The van der Waals surface area contributed by atoms with Gasteiger partial charge in [-0.05, 0) is 13.0 Å². The molecule has 0 aromatic heterocycles. The van der Waals surface area contributed by atoms with Gasteiger partial charge < -0.3 is 14.7 Å². The Balaban J connectivity index is 2.15. The molecule has 118 valence electrons. The number of nitro groups is 1. The maximum absolute atomic E-state index is 12.4. The summed E-state index contributed by atoms with van der Waals surface area (Å²) in [4.78, 5) is 35.0. The predicted molar refractivity (Wildman–Crippen MR) is 75.7 cm³/mol. The zero-order valence-electron chi connectivity index (χ0n) is 12.0. The third-order valence-electron chi connectivity index (χ3n) is 3.48. The lowest BCUT2D eigenvalue weighted by atomic mass is 10.1. The molecule has 1 heterocycles. The van der Waals surface area contributed by atoms with Crippen LogP contribution < -0.4 is 0 Å². The standard InChI is InChI=1S/C14H16N2O6/c1-9-2-3-10(6-12(9)16(20)21)14(19)15-4-5-22-11(8-15)7-13(17)18/h2-3,6,11H,4-5,7-8H2,1H3,(H,17,18). The van der Waals surface area contributed by atoms with Crippen LogP contribution in [0.3, 0.4) is 0 Å². The van der Waals surface area contributed by atoms with Crippen LogP contribution in [0.2, 0.25) is 0 Å². The van der Waals surface area contributed by atoms with Gasteiger partial charge in [-0.15, -0.1) is 0 Å². The molecule has 1 fully saturated rings. The fourth-order valence-electron chi connectivity index (χ4n) is 2.34. The van der Waals surface area contributed by atoms with Crippen LogP contribution in [-0.2, 0) is 9.53 Å². The first-order valence-electron chi connectivity index (χ1n) is 6.76. The van der Waals surface area contributed by atoms with Crippen molar-refractivity contribution >= 4 is 17.6 Å². The molecule has 1 saturated heterocycles. The van der Waals surface area contributed by atoms with Gasteiger partial charge in [-0.2, -0.15) is 0 Å². The number of ether oxygens (including phenoxy) is 1. The van der Waals surface area contributed by atoms with Crippen LogP contribution >= 0.6 is 0 Å². The highest BCUT2D eigenvalue weighted by molar-refractivity contribution is 5.95. The van der Waals surface area contributed by atoms with Crippen LogP contribution in [0.4, 0.5) is 5.69 Å². The molecule has 0 radical (unpaired) electrons. The molecule has 1 unspecified atom stereocenters. The maximum Gasteiger partial charge on any atom is 0.306 e. The van der Waals surface area contributed by atoms with Crippen molar-refractivity contribution in [3.05, 3.63) is 39.4 Å². The number of carboxylic acids is 1. The molecule has 1 aliphatic heterocycles. The summed E-state index contributed by atoms with van der Waals surface area (Å²) < 4.78 is 5.30. The lowest BCUT2D eigenvalue weighted by molar-refractivity contribution is -0.385. The van der Waals surface area contributed by atoms with Crippen molar-refractivity contribution in [2.75, 3.05) is 19.7 Å². The summed E-state index contributed by atoms with van der Waals surface area (Å²) >= 11 is 0. The molecule has 1 amide bonds. The molecule has 1 aromatic carbocycles. The first-order valence-corrected chi connectivity index (χ1v) is 6.76. The van der Waals surface area contributed by atoms with Gasteiger partial charge in [0.05, 0.1) is 24.1 Å². The highest BCUT2D eigenvalue weighted by atomic mass is 16.6. The summed E-state index contributed by atoms with van der Waals surface area (Å²) in [5.74, 6) is -1.35. The van der Waals surface area contributed by atoms with E-state index in [4.69, 9.17) is 9.84 Å². The third-order valence-corrected chi connectivity index (χ3v) is 3.48. The molecule has 8 heteroatoms. The van der Waals surface area contributed by atoms with E-state index in [1.807, 2.05) is 0 Å². The van der Waals surface area contributed by atoms with Gasteiger partial charge in [0.2, 0.25) is 0 Å². The van der Waals surface area contributed by atoms with Crippen LogP contribution in [-0.4, -0.2) is 52.6 Å². The molecule has 0 saturated carbocycles. The van der Waals surface area contributed by atoms with E-state index in [2.05, 4.69) is 0 Å². The minimum absolute atomic E-state index is 0.110. The van der Waals surface area contributed by atoms with Crippen molar-refractivity contribution in [3.8, 4) is 0 Å². The Bertz CT molecular complexity index is 615. The number of hydrogen-bond acceptors (Lipinski definition) is 5. The zero-order chi connectivity index (χ0) is 16.3. The van der Waals surface area contributed by atoms with E-state index in [0.29, 0.717) is 12.1 Å². The van der Waals surface area contributed by atoms with Gasteiger partial charge in [-0.3, -0.25) is 19.7 Å². The minimum atomic E-state index is -0.995. The van der Waals surface area contributed by atoms with Crippen LogP contribution in [0, 0.1) is 17.0 Å². The Morgan fingerprint density at radius 3 is 2.86 bits per heavy atom. The summed E-state index contributed by atoms with van der Waals surface area (Å²) in [5, 5.41) is 19.7. The molecular weight excluding hydrogens is 292 g/mol. The average molecular weight is 308 g/mol. The minimum Gasteiger partial charge on any atom is -0.481 e. The fraction of sp³-hybridized carbons (Fsp3) is 0.429. The summed E-state index contributed by atoms with van der Waals surface area (Å²) in [7, 11) is 0. The lowest BCUT2D eigenvalue weighted by Crippen LogP contribution is -2.46. The molecule has 0 aliphatic carbocycles. The number of aliphatic carboxylic acids is 1. The Morgan fingerprint density at radius 2 is 2.23 bits per heavy atom. The molecule has 1 N–H and O–H groups in total. The molecule has 0 bridgehead atoms. The summed E-state index contributed by atoms with van der Waals surface area (Å²) in [5.41, 5.74) is 0.585. The fourth-order valence-corrected chi connectivity index (χ4v) is 2.34. The van der Waals surface area contributed by atoms with Crippen molar-refractivity contribution in [2.45, 2.75) is 19.4 Å². The van der Waals surface area contributed by atoms with Crippen molar-refractivity contribution < 1.29 is 24.4 Å². The number of rotatable bonds is 4. The average Bonchev–Trinajstić information content (AvgIpc) is 2.46. The number of carbonyl (C=O) groups excluding carboxylic acids is 1. The number of morpholine rings is 1. The summed E-state index contributed by atoms with van der Waals surface area (Å²) in [6.45, 7) is 2.34. The second kappa shape index (κ2) is 6.52. The van der Waals surface area contributed by atoms with E-state index in [0.717, 1.165) is 0 Å². The van der Waals surface area contributed by atoms with Gasteiger partial charge in [0, 0.05) is 30.3 Å². The number of nitro benzene ring substituents is 1. The first kappa shape index (κ1) is 15.9. The van der Waals surface area contributed by atoms with Crippen molar-refractivity contribution in [1.82, 2.24) is 4.90 Å². The number of nitrogens with zero attached hydrogens (tertiary/aromatic N) is 2. The number of hydrogen-bond donors (Lipinski definition) is 1. The van der Waals surface area contributed by atoms with Crippen LogP contribution in [0.25, 0.3) is 0 Å². The van der Waals surface area contributed by atoms with Crippen molar-refractivity contribution in [2.24, 2.45) is 0 Å². The number of carboxylic acid groups (broad SMARTS) is 1. The number of amides is 1. The molecule has 1 atom stereocenters. The van der Waals surface area contributed by atoms with Crippen molar-refractivity contribution in [3.63, 3.8) is 0 Å². The summed E-state index contributed by atoms with van der Waals surface area (Å²) in [6, 6.07) is 4.31. The van der Waals surface area contributed by atoms with E-state index in [1.54, 1.807) is 6.92 Å². The van der Waals surface area contributed by atoms with Gasteiger partial charge >= 0.3 is 5.97 Å². The molecule has 1 aliphatic rings. The van der Waals surface area contributed by atoms with Gasteiger partial charge in [0.1, 0.15) is 0 Å². The highest BCUT2D eigenvalue weighted by Gasteiger charge is 2.27. The monoisotopic (exact) mass is 308 g/mol. The Morgan fingerprint density at radius 1 is 1.50 bits per heavy atom. The largest absolute Gasteiger partial charge is 0.481 e. The van der Waals surface area contributed by atoms with Gasteiger partial charge in [-0.25, -0.2) is 0 Å². The van der Waals surface area contributed by atoms with E-state index in [9.17, 15) is 19.7 Å². The maximum atomic E-state index is 12.4. The van der Waals surface area contributed by atoms with Gasteiger partial charge in [0.15, 0.2) is 0 Å². The molecule has 1 aromatic rings. The Hall–Kier alpha value is -2.48. The van der Waals surface area contributed by atoms with E-state index < -0.39 is 17.0 Å². The quantitative estimate of drug-likeness (QED) is 0.661. The van der Waals surface area contributed by atoms with Crippen LogP contribution in [0.5, 0.6) is 0 Å². The van der Waals surface area contributed by atoms with E-state index in [1.165, 1.54) is 23.1 Å². The molecule has 8 nitrogen and oxygen atoms in total. The topological polar surface area (TPSA) is 110 Å². The lowest BCUT2D eigenvalue weighted by Gasteiger charge is -2.32. The van der Waals surface area contributed by atoms with Crippen molar-refractivity contribution in [1.29, 1.82) is 0 Å². The SMILES string of the molecule is Cc1ccc(C(=O)N2CCOC(CC(=O)O)C2)cc1[N+](=O)[O-].